The number of hydrogen-bond acceptors (Lipinski definition) is 5. The Morgan fingerprint density at radius 2 is 2.22 bits per heavy atom. The Kier molecular flexibility index (Phi) is 4.75. The highest BCUT2D eigenvalue weighted by molar-refractivity contribution is 7.98. The van der Waals surface area contributed by atoms with Crippen LogP contribution in [0.1, 0.15) is 37.0 Å². The van der Waals surface area contributed by atoms with Crippen LogP contribution in [0.25, 0.3) is 0 Å². The van der Waals surface area contributed by atoms with Gasteiger partial charge < -0.3 is 4.52 Å². The van der Waals surface area contributed by atoms with E-state index in [1.54, 1.807) is 11.8 Å². The second-order valence-electron chi connectivity index (χ2n) is 4.17. The Morgan fingerprint density at radius 3 is 2.94 bits per heavy atom. The minimum Gasteiger partial charge on any atom is -0.338 e. The molecule has 0 aliphatic heterocycles. The molecule has 18 heavy (non-hydrogen) atoms. The van der Waals surface area contributed by atoms with Crippen LogP contribution in [0.3, 0.4) is 0 Å². The molecule has 0 aromatic carbocycles. The minimum atomic E-state index is 0.675. The van der Waals surface area contributed by atoms with Crippen molar-refractivity contribution in [3.05, 3.63) is 35.6 Å². The molecular weight excluding hydrogens is 246 g/mol. The Labute approximate surface area is 111 Å². The van der Waals surface area contributed by atoms with E-state index in [1.807, 2.05) is 19.2 Å². The van der Waals surface area contributed by atoms with Crippen LogP contribution in [0.2, 0.25) is 0 Å². The lowest BCUT2D eigenvalue weighted by Gasteiger charge is -1.97. The number of unbranched alkanes of at least 4 members (excludes halogenated alkanes) is 1. The molecule has 0 aliphatic carbocycles. The fourth-order valence-electron chi connectivity index (χ4n) is 1.46. The first kappa shape index (κ1) is 13.1. The number of nitrogens with zero attached hydrogens (tertiary/aromatic N) is 3. The fourth-order valence-corrected chi connectivity index (χ4v) is 2.14. The van der Waals surface area contributed by atoms with Crippen LogP contribution in [-0.4, -0.2) is 15.1 Å². The second-order valence-corrected chi connectivity index (χ2v) is 5.17. The van der Waals surface area contributed by atoms with Crippen molar-refractivity contribution in [2.45, 2.75) is 43.9 Å². The molecule has 0 saturated carbocycles. The van der Waals surface area contributed by atoms with E-state index in [9.17, 15) is 0 Å². The summed E-state index contributed by atoms with van der Waals surface area (Å²) in [7, 11) is 0. The van der Waals surface area contributed by atoms with Crippen molar-refractivity contribution in [2.24, 2.45) is 0 Å². The predicted molar refractivity (Wildman–Crippen MR) is 71.4 cm³/mol. The Hall–Kier alpha value is -1.36. The fraction of sp³-hybridized carbons (Fsp3) is 0.462. The first-order chi connectivity index (χ1) is 8.78. The molecule has 0 unspecified atom stereocenters. The van der Waals surface area contributed by atoms with Crippen LogP contribution in [0.4, 0.5) is 0 Å². The van der Waals surface area contributed by atoms with Crippen LogP contribution >= 0.6 is 11.8 Å². The van der Waals surface area contributed by atoms with E-state index in [4.69, 9.17) is 4.52 Å². The summed E-state index contributed by atoms with van der Waals surface area (Å²) in [5, 5.41) is 4.94. The normalized spacial score (nSPS) is 10.8. The quantitative estimate of drug-likeness (QED) is 0.747. The first-order valence-corrected chi connectivity index (χ1v) is 7.13. The molecule has 0 N–H and O–H groups in total. The number of aryl methyl sites for hydroxylation is 2. The smallest absolute Gasteiger partial charge is 0.237 e. The van der Waals surface area contributed by atoms with Gasteiger partial charge in [-0.2, -0.15) is 4.98 Å². The van der Waals surface area contributed by atoms with Crippen molar-refractivity contribution in [1.29, 1.82) is 0 Å². The Morgan fingerprint density at radius 1 is 1.33 bits per heavy atom. The molecule has 0 fully saturated rings. The summed E-state index contributed by atoms with van der Waals surface area (Å²) in [4.78, 5) is 8.68. The summed E-state index contributed by atoms with van der Waals surface area (Å²) in [6, 6.07) is 4.06. The molecule has 0 amide bonds. The Bertz CT molecular complexity index is 481. The molecule has 0 saturated heterocycles. The van der Waals surface area contributed by atoms with Gasteiger partial charge in [-0.05, 0) is 25.0 Å². The lowest BCUT2D eigenvalue weighted by atomic mass is 10.2. The maximum Gasteiger partial charge on any atom is 0.237 e. The minimum absolute atomic E-state index is 0.675. The monoisotopic (exact) mass is 263 g/mol. The van der Waals surface area contributed by atoms with E-state index in [0.29, 0.717) is 11.6 Å². The van der Waals surface area contributed by atoms with Gasteiger partial charge in [-0.3, -0.25) is 0 Å². The molecule has 0 spiro atoms. The largest absolute Gasteiger partial charge is 0.338 e. The van der Waals surface area contributed by atoms with Gasteiger partial charge in [0.2, 0.25) is 5.89 Å². The van der Waals surface area contributed by atoms with Crippen molar-refractivity contribution >= 4 is 11.8 Å². The van der Waals surface area contributed by atoms with Crippen LogP contribution in [0, 0.1) is 6.92 Å². The second kappa shape index (κ2) is 6.54. The SMILES string of the molecule is CCCCc1noc(CSc2ccc(C)cn2)n1. The van der Waals surface area contributed by atoms with E-state index >= 15 is 0 Å². The van der Waals surface area contributed by atoms with E-state index < -0.39 is 0 Å². The van der Waals surface area contributed by atoms with Crippen molar-refractivity contribution in [3.8, 4) is 0 Å². The molecule has 0 atom stereocenters. The van der Waals surface area contributed by atoms with Crippen molar-refractivity contribution in [1.82, 2.24) is 15.1 Å². The average molecular weight is 263 g/mol. The number of hydrogen-bond donors (Lipinski definition) is 0. The number of thioether (sulfide) groups is 1. The van der Waals surface area contributed by atoms with Gasteiger partial charge in [-0.25, -0.2) is 4.98 Å². The summed E-state index contributed by atoms with van der Waals surface area (Å²) >= 11 is 1.61. The van der Waals surface area contributed by atoms with Gasteiger partial charge in [0.1, 0.15) is 0 Å². The van der Waals surface area contributed by atoms with Crippen molar-refractivity contribution in [3.63, 3.8) is 0 Å². The molecule has 2 aromatic rings. The summed E-state index contributed by atoms with van der Waals surface area (Å²) in [5.41, 5.74) is 1.17. The average Bonchev–Trinajstić information content (AvgIpc) is 2.84. The zero-order chi connectivity index (χ0) is 12.8. The van der Waals surface area contributed by atoms with E-state index in [0.717, 1.165) is 30.1 Å². The zero-order valence-corrected chi connectivity index (χ0v) is 11.5. The highest BCUT2D eigenvalue weighted by atomic mass is 32.2. The predicted octanol–water partition coefficient (Wildman–Crippen LogP) is 3.41. The van der Waals surface area contributed by atoms with Gasteiger partial charge in [0.25, 0.3) is 0 Å². The zero-order valence-electron chi connectivity index (χ0n) is 10.7. The maximum absolute atomic E-state index is 5.20. The summed E-state index contributed by atoms with van der Waals surface area (Å²) in [5.74, 6) is 2.16. The summed E-state index contributed by atoms with van der Waals surface area (Å²) < 4.78 is 5.20. The highest BCUT2D eigenvalue weighted by Gasteiger charge is 2.06. The molecule has 96 valence electrons. The molecule has 5 heteroatoms. The molecule has 4 nitrogen and oxygen atoms in total. The van der Waals surface area contributed by atoms with Gasteiger partial charge in [-0.15, -0.1) is 0 Å². The van der Waals surface area contributed by atoms with E-state index in [1.165, 1.54) is 5.56 Å². The molecule has 0 bridgehead atoms. The van der Waals surface area contributed by atoms with Crippen LogP contribution in [-0.2, 0) is 12.2 Å². The molecule has 2 aromatic heterocycles. The lowest BCUT2D eigenvalue weighted by Crippen LogP contribution is -1.88. The van der Waals surface area contributed by atoms with Crippen molar-refractivity contribution < 1.29 is 4.52 Å². The molecule has 2 heterocycles. The number of aromatic nitrogens is 3. The number of rotatable bonds is 6. The maximum atomic E-state index is 5.20. The molecule has 0 aliphatic rings. The van der Waals surface area contributed by atoms with Crippen LogP contribution in [0.15, 0.2) is 27.9 Å². The topological polar surface area (TPSA) is 51.8 Å². The summed E-state index contributed by atoms with van der Waals surface area (Å²) in [6.07, 6.45) is 5.01. The summed E-state index contributed by atoms with van der Waals surface area (Å²) in [6.45, 7) is 4.18. The van der Waals surface area contributed by atoms with Gasteiger partial charge in [0.05, 0.1) is 10.8 Å². The molecule has 2 rings (SSSR count). The molecular formula is C13H17N3OS. The Balaban J connectivity index is 1.86. The third-order valence-corrected chi connectivity index (χ3v) is 3.42. The van der Waals surface area contributed by atoms with Gasteiger partial charge in [0, 0.05) is 12.6 Å². The van der Waals surface area contributed by atoms with Crippen molar-refractivity contribution in [2.75, 3.05) is 0 Å². The standard InChI is InChI=1S/C13H17N3OS/c1-3-4-5-11-15-12(17-16-11)9-18-13-7-6-10(2)8-14-13/h6-8H,3-5,9H2,1-2H3. The highest BCUT2D eigenvalue weighted by Crippen LogP contribution is 2.19. The number of pyridine rings is 1. The lowest BCUT2D eigenvalue weighted by molar-refractivity contribution is 0.384. The third-order valence-electron chi connectivity index (χ3n) is 2.49. The third kappa shape index (κ3) is 3.84. The van der Waals surface area contributed by atoms with E-state index in [-0.39, 0.29) is 0 Å². The first-order valence-electron chi connectivity index (χ1n) is 6.15. The molecule has 0 radical (unpaired) electrons. The van der Waals surface area contributed by atoms with E-state index in [2.05, 4.69) is 28.1 Å². The van der Waals surface area contributed by atoms with Gasteiger partial charge >= 0.3 is 0 Å². The van der Waals surface area contributed by atoms with Gasteiger partial charge in [0.15, 0.2) is 5.82 Å². The van der Waals surface area contributed by atoms with Gasteiger partial charge in [-0.1, -0.05) is 36.3 Å². The van der Waals surface area contributed by atoms with Crippen LogP contribution < -0.4 is 0 Å². The van der Waals surface area contributed by atoms with Crippen LogP contribution in [0.5, 0.6) is 0 Å².